The van der Waals surface area contributed by atoms with E-state index in [1.807, 2.05) is 6.07 Å². The number of aliphatic carboxylic acids is 1. The van der Waals surface area contributed by atoms with E-state index >= 15 is 0 Å². The number of rotatable bonds is 5. The molecule has 0 aliphatic heterocycles. The van der Waals surface area contributed by atoms with Gasteiger partial charge in [0.2, 0.25) is 0 Å². The van der Waals surface area contributed by atoms with Crippen LogP contribution in [0.3, 0.4) is 0 Å². The van der Waals surface area contributed by atoms with Gasteiger partial charge in [-0.15, -0.1) is 0 Å². The number of nitrogens with zero attached hydrogens (tertiary/aromatic N) is 1. The molecule has 0 saturated carbocycles. The molecule has 126 valence electrons. The fraction of sp³-hybridized carbons (Fsp3) is 0.176. The number of halogens is 2. The van der Waals surface area contributed by atoms with E-state index in [2.05, 4.69) is 0 Å². The number of ether oxygens (including phenoxy) is 1. The minimum Gasteiger partial charge on any atom is -0.479 e. The smallest absolute Gasteiger partial charge is 0.410 e. The Balaban J connectivity index is 2.16. The van der Waals surface area contributed by atoms with Crippen LogP contribution in [0.2, 0.25) is 5.02 Å². The molecule has 0 radical (unpaired) electrons. The molecule has 0 spiro atoms. The van der Waals surface area contributed by atoms with Gasteiger partial charge in [0.1, 0.15) is 12.4 Å². The Hall–Kier alpha value is -2.60. The highest BCUT2D eigenvalue weighted by Crippen LogP contribution is 2.26. The van der Waals surface area contributed by atoms with Crippen molar-refractivity contribution in [1.29, 1.82) is 0 Å². The van der Waals surface area contributed by atoms with Gasteiger partial charge >= 0.3 is 12.1 Å². The van der Waals surface area contributed by atoms with Gasteiger partial charge in [0.15, 0.2) is 6.04 Å². The molecule has 1 atom stereocenters. The third-order valence-corrected chi connectivity index (χ3v) is 3.60. The fourth-order valence-electron chi connectivity index (χ4n) is 2.16. The molecule has 24 heavy (non-hydrogen) atoms. The van der Waals surface area contributed by atoms with Crippen LogP contribution in [0.1, 0.15) is 17.2 Å². The van der Waals surface area contributed by atoms with E-state index in [1.165, 1.54) is 19.2 Å². The van der Waals surface area contributed by atoms with Crippen LogP contribution in [0.15, 0.2) is 48.5 Å². The molecular weight excluding hydrogens is 337 g/mol. The van der Waals surface area contributed by atoms with Crippen molar-refractivity contribution in [3.05, 3.63) is 70.5 Å². The number of amides is 1. The Bertz CT molecular complexity index is 739. The van der Waals surface area contributed by atoms with Crippen molar-refractivity contribution in [2.75, 3.05) is 7.05 Å². The van der Waals surface area contributed by atoms with Gasteiger partial charge in [-0.05, 0) is 23.8 Å². The van der Waals surface area contributed by atoms with Crippen molar-refractivity contribution in [3.63, 3.8) is 0 Å². The standard InChI is InChI=1S/C17H15ClFNO4/c1-20(17(23)24-10-11-5-3-2-4-6-11)15(16(21)22)13-9-12(18)7-8-14(13)19/h2-9,15H,10H2,1H3,(H,21,22). The normalized spacial score (nSPS) is 11.6. The van der Waals surface area contributed by atoms with Crippen molar-refractivity contribution >= 4 is 23.7 Å². The number of carbonyl (C=O) groups excluding carboxylic acids is 1. The molecule has 1 N–H and O–H groups in total. The summed E-state index contributed by atoms with van der Waals surface area (Å²) in [5.41, 5.74) is 0.536. The van der Waals surface area contributed by atoms with Gasteiger partial charge in [0.25, 0.3) is 0 Å². The van der Waals surface area contributed by atoms with Crippen LogP contribution in [0.4, 0.5) is 9.18 Å². The van der Waals surface area contributed by atoms with Crippen molar-refractivity contribution in [2.45, 2.75) is 12.6 Å². The summed E-state index contributed by atoms with van der Waals surface area (Å²) >= 11 is 5.80. The van der Waals surface area contributed by atoms with Gasteiger partial charge in [0.05, 0.1) is 0 Å². The maximum atomic E-state index is 14.0. The van der Waals surface area contributed by atoms with Crippen LogP contribution >= 0.6 is 11.6 Å². The number of likely N-dealkylation sites (N-methyl/N-ethyl adjacent to an activating group) is 1. The zero-order valence-electron chi connectivity index (χ0n) is 12.8. The molecule has 1 amide bonds. The largest absolute Gasteiger partial charge is 0.479 e. The lowest BCUT2D eigenvalue weighted by Gasteiger charge is -2.25. The van der Waals surface area contributed by atoms with Gasteiger partial charge in [-0.1, -0.05) is 41.9 Å². The van der Waals surface area contributed by atoms with Gasteiger partial charge in [0, 0.05) is 17.6 Å². The molecule has 5 nitrogen and oxygen atoms in total. The number of benzene rings is 2. The Morgan fingerprint density at radius 1 is 1.25 bits per heavy atom. The van der Waals surface area contributed by atoms with Crippen LogP contribution in [0, 0.1) is 5.82 Å². The van der Waals surface area contributed by atoms with Gasteiger partial charge in [-0.25, -0.2) is 14.0 Å². The fourth-order valence-corrected chi connectivity index (χ4v) is 2.34. The van der Waals surface area contributed by atoms with Crippen LogP contribution in [0.5, 0.6) is 0 Å². The van der Waals surface area contributed by atoms with E-state index in [4.69, 9.17) is 16.3 Å². The second kappa shape index (κ2) is 7.79. The van der Waals surface area contributed by atoms with Crippen molar-refractivity contribution < 1.29 is 23.8 Å². The maximum absolute atomic E-state index is 14.0. The molecule has 0 bridgehead atoms. The molecular formula is C17H15ClFNO4. The van der Waals surface area contributed by atoms with E-state index in [-0.39, 0.29) is 17.2 Å². The lowest BCUT2D eigenvalue weighted by molar-refractivity contribution is -0.142. The minimum atomic E-state index is -1.55. The highest BCUT2D eigenvalue weighted by atomic mass is 35.5. The first-order valence-electron chi connectivity index (χ1n) is 7.01. The van der Waals surface area contributed by atoms with Crippen LogP contribution in [0.25, 0.3) is 0 Å². The maximum Gasteiger partial charge on any atom is 0.410 e. The summed E-state index contributed by atoms with van der Waals surface area (Å²) in [5, 5.41) is 9.56. The summed E-state index contributed by atoms with van der Waals surface area (Å²) in [4.78, 5) is 24.5. The molecule has 0 heterocycles. The molecule has 2 aromatic carbocycles. The van der Waals surface area contributed by atoms with Gasteiger partial charge in [-0.3, -0.25) is 4.90 Å². The van der Waals surface area contributed by atoms with Crippen LogP contribution < -0.4 is 0 Å². The van der Waals surface area contributed by atoms with E-state index in [0.717, 1.165) is 16.5 Å². The first-order valence-corrected chi connectivity index (χ1v) is 7.39. The van der Waals surface area contributed by atoms with Crippen LogP contribution in [-0.4, -0.2) is 29.1 Å². The predicted octanol–water partition coefficient (Wildman–Crippen LogP) is 3.87. The minimum absolute atomic E-state index is 0.0195. The first kappa shape index (κ1) is 17.7. The van der Waals surface area contributed by atoms with Gasteiger partial charge < -0.3 is 9.84 Å². The average Bonchev–Trinajstić information content (AvgIpc) is 2.56. The van der Waals surface area contributed by atoms with Crippen molar-refractivity contribution in [1.82, 2.24) is 4.90 Å². The second-order valence-corrected chi connectivity index (χ2v) is 5.49. The van der Waals surface area contributed by atoms with Gasteiger partial charge in [-0.2, -0.15) is 0 Å². The zero-order valence-corrected chi connectivity index (χ0v) is 13.5. The SMILES string of the molecule is CN(C(=O)OCc1ccccc1)C(C(=O)O)c1cc(Cl)ccc1F. The van der Waals surface area contributed by atoms with E-state index in [9.17, 15) is 19.1 Å². The highest BCUT2D eigenvalue weighted by molar-refractivity contribution is 6.30. The van der Waals surface area contributed by atoms with Crippen molar-refractivity contribution in [2.24, 2.45) is 0 Å². The summed E-state index contributed by atoms with van der Waals surface area (Å²) in [6, 6.07) is 10.9. The summed E-state index contributed by atoms with van der Waals surface area (Å²) in [5.74, 6) is -2.16. The molecule has 2 rings (SSSR count). The molecule has 0 fully saturated rings. The van der Waals surface area contributed by atoms with E-state index < -0.39 is 23.9 Å². The molecule has 0 saturated heterocycles. The Morgan fingerprint density at radius 2 is 1.92 bits per heavy atom. The molecule has 7 heteroatoms. The van der Waals surface area contributed by atoms with E-state index in [1.54, 1.807) is 24.3 Å². The van der Waals surface area contributed by atoms with Crippen molar-refractivity contribution in [3.8, 4) is 0 Å². The first-order chi connectivity index (χ1) is 11.4. The third-order valence-electron chi connectivity index (χ3n) is 3.37. The predicted molar refractivity (Wildman–Crippen MR) is 86.2 cm³/mol. The number of hydrogen-bond donors (Lipinski definition) is 1. The molecule has 0 aliphatic carbocycles. The van der Waals surface area contributed by atoms with Crippen LogP contribution in [-0.2, 0) is 16.1 Å². The molecule has 2 aromatic rings. The lowest BCUT2D eigenvalue weighted by Crippen LogP contribution is -2.36. The van der Waals surface area contributed by atoms with E-state index in [0.29, 0.717) is 0 Å². The quantitative estimate of drug-likeness (QED) is 0.887. The lowest BCUT2D eigenvalue weighted by atomic mass is 10.1. The zero-order chi connectivity index (χ0) is 17.7. The monoisotopic (exact) mass is 351 g/mol. The number of carboxylic acid groups (broad SMARTS) is 1. The number of hydrogen-bond acceptors (Lipinski definition) is 3. The summed E-state index contributed by atoms with van der Waals surface area (Å²) < 4.78 is 19.0. The summed E-state index contributed by atoms with van der Waals surface area (Å²) in [7, 11) is 1.23. The Labute approximate surface area is 143 Å². The topological polar surface area (TPSA) is 66.8 Å². The molecule has 0 aromatic heterocycles. The third kappa shape index (κ3) is 4.23. The summed E-state index contributed by atoms with van der Waals surface area (Å²) in [6.07, 6.45) is -0.884. The number of carbonyl (C=O) groups is 2. The molecule has 0 aliphatic rings. The number of carboxylic acids is 1. The average molecular weight is 352 g/mol. The summed E-state index contributed by atoms with van der Waals surface area (Å²) in [6.45, 7) is -0.0195. The second-order valence-electron chi connectivity index (χ2n) is 5.06. The highest BCUT2D eigenvalue weighted by Gasteiger charge is 2.31. The molecule has 1 unspecified atom stereocenters. The Kier molecular flexibility index (Phi) is 5.76. The Morgan fingerprint density at radius 3 is 2.54 bits per heavy atom.